The normalized spacial score (nSPS) is 8.33. The SMILES string of the molecule is C/C=C\C.C=CC.CCNC(=O)N(CC)C(=O)Cl. The molecule has 0 aromatic rings. The summed E-state index contributed by atoms with van der Waals surface area (Å²) in [7, 11) is 0. The maximum Gasteiger partial charge on any atom is 0.325 e. The van der Waals surface area contributed by atoms with Crippen LogP contribution >= 0.6 is 11.6 Å². The van der Waals surface area contributed by atoms with Gasteiger partial charge in [-0.25, -0.2) is 4.79 Å². The molecule has 0 saturated heterocycles. The second kappa shape index (κ2) is 18.1. The first-order valence-corrected chi connectivity index (χ1v) is 6.23. The molecule has 3 amide bonds. The third-order valence-electron chi connectivity index (χ3n) is 1.43. The highest BCUT2D eigenvalue weighted by Crippen LogP contribution is 1.95. The molecule has 0 radical (unpaired) electrons. The summed E-state index contributed by atoms with van der Waals surface area (Å²) in [6, 6.07) is -0.449. The van der Waals surface area contributed by atoms with Crippen molar-refractivity contribution >= 4 is 23.0 Å². The molecule has 0 aliphatic rings. The van der Waals surface area contributed by atoms with Crippen LogP contribution in [0.2, 0.25) is 0 Å². The Hall–Kier alpha value is -1.29. The van der Waals surface area contributed by atoms with E-state index in [9.17, 15) is 9.59 Å². The smallest absolute Gasteiger partial charge is 0.325 e. The van der Waals surface area contributed by atoms with Crippen LogP contribution in [0.3, 0.4) is 0 Å². The van der Waals surface area contributed by atoms with Crippen molar-refractivity contribution in [2.75, 3.05) is 13.1 Å². The third-order valence-corrected chi connectivity index (χ3v) is 1.64. The summed E-state index contributed by atoms with van der Waals surface area (Å²) in [5.74, 6) is 0. The van der Waals surface area contributed by atoms with Crippen LogP contribution in [0.4, 0.5) is 9.59 Å². The number of nitrogens with one attached hydrogen (secondary N) is 1. The molecule has 0 heterocycles. The van der Waals surface area contributed by atoms with Crippen molar-refractivity contribution in [2.24, 2.45) is 0 Å². The van der Waals surface area contributed by atoms with E-state index in [0.717, 1.165) is 4.90 Å². The molecule has 106 valence electrons. The summed E-state index contributed by atoms with van der Waals surface area (Å²) < 4.78 is 0. The van der Waals surface area contributed by atoms with Gasteiger partial charge in [0.25, 0.3) is 0 Å². The molecular weight excluding hydrogens is 252 g/mol. The van der Waals surface area contributed by atoms with Crippen LogP contribution in [-0.4, -0.2) is 29.4 Å². The lowest BCUT2D eigenvalue weighted by atomic mass is 10.6. The Labute approximate surface area is 116 Å². The molecule has 18 heavy (non-hydrogen) atoms. The van der Waals surface area contributed by atoms with Gasteiger partial charge in [0.2, 0.25) is 0 Å². The van der Waals surface area contributed by atoms with E-state index >= 15 is 0 Å². The average Bonchev–Trinajstić information content (AvgIpc) is 2.31. The Morgan fingerprint density at radius 3 is 1.78 bits per heavy atom. The zero-order chi connectivity index (χ0) is 15.0. The molecule has 1 N–H and O–H groups in total. The van der Waals surface area contributed by atoms with Crippen molar-refractivity contribution in [1.82, 2.24) is 10.2 Å². The van der Waals surface area contributed by atoms with Gasteiger partial charge in [-0.15, -0.1) is 6.58 Å². The van der Waals surface area contributed by atoms with Crippen LogP contribution in [0.1, 0.15) is 34.6 Å². The first-order chi connectivity index (χ1) is 8.46. The molecule has 0 unspecified atom stereocenters. The topological polar surface area (TPSA) is 49.4 Å². The molecule has 0 atom stereocenters. The van der Waals surface area contributed by atoms with E-state index < -0.39 is 11.4 Å². The largest absolute Gasteiger partial charge is 0.338 e. The van der Waals surface area contributed by atoms with Crippen molar-refractivity contribution in [3.63, 3.8) is 0 Å². The van der Waals surface area contributed by atoms with E-state index in [1.54, 1.807) is 19.9 Å². The molecule has 0 aliphatic heterocycles. The minimum absolute atomic E-state index is 0.286. The Morgan fingerprint density at radius 1 is 1.22 bits per heavy atom. The second-order valence-corrected chi connectivity index (χ2v) is 3.23. The fourth-order valence-corrected chi connectivity index (χ4v) is 0.791. The van der Waals surface area contributed by atoms with Crippen LogP contribution in [0, 0.1) is 0 Å². The molecule has 0 spiro atoms. The van der Waals surface area contributed by atoms with Gasteiger partial charge in [0.15, 0.2) is 0 Å². The second-order valence-electron chi connectivity index (χ2n) is 2.91. The quantitative estimate of drug-likeness (QED) is 0.467. The van der Waals surface area contributed by atoms with E-state index in [1.165, 1.54) is 0 Å². The lowest BCUT2D eigenvalue weighted by molar-refractivity contribution is 0.201. The van der Waals surface area contributed by atoms with Crippen molar-refractivity contribution in [3.8, 4) is 0 Å². The minimum Gasteiger partial charge on any atom is -0.338 e. The van der Waals surface area contributed by atoms with Gasteiger partial charge in [-0.1, -0.05) is 18.2 Å². The summed E-state index contributed by atoms with van der Waals surface area (Å²) >= 11 is 5.10. The number of carbonyl (C=O) groups excluding carboxylic acids is 2. The molecule has 5 heteroatoms. The molecule has 0 rings (SSSR count). The van der Waals surface area contributed by atoms with Gasteiger partial charge in [-0.05, 0) is 46.2 Å². The van der Waals surface area contributed by atoms with Crippen LogP contribution in [0.25, 0.3) is 0 Å². The van der Waals surface area contributed by atoms with Gasteiger partial charge in [0, 0.05) is 13.1 Å². The third kappa shape index (κ3) is 17.1. The molecule has 0 aliphatic carbocycles. The molecule has 0 saturated carbocycles. The van der Waals surface area contributed by atoms with Crippen LogP contribution < -0.4 is 5.32 Å². The van der Waals surface area contributed by atoms with Gasteiger partial charge in [-0.2, -0.15) is 0 Å². The van der Waals surface area contributed by atoms with Crippen molar-refractivity contribution in [3.05, 3.63) is 24.8 Å². The fourth-order valence-electron chi connectivity index (χ4n) is 0.594. The lowest BCUT2D eigenvalue weighted by Gasteiger charge is -2.14. The summed E-state index contributed by atoms with van der Waals surface area (Å²) in [5.41, 5.74) is 0. The highest BCUT2D eigenvalue weighted by Gasteiger charge is 2.15. The van der Waals surface area contributed by atoms with E-state index in [2.05, 4.69) is 11.9 Å². The van der Waals surface area contributed by atoms with E-state index in [1.807, 2.05) is 32.9 Å². The van der Waals surface area contributed by atoms with Crippen molar-refractivity contribution in [2.45, 2.75) is 34.6 Å². The van der Waals surface area contributed by atoms with Crippen LogP contribution in [0.5, 0.6) is 0 Å². The first-order valence-electron chi connectivity index (χ1n) is 5.85. The lowest BCUT2D eigenvalue weighted by Crippen LogP contribution is -2.41. The number of nitrogens with zero attached hydrogens (tertiary/aromatic N) is 1. The van der Waals surface area contributed by atoms with Crippen LogP contribution in [-0.2, 0) is 0 Å². The van der Waals surface area contributed by atoms with Gasteiger partial charge in [-0.3, -0.25) is 9.69 Å². The van der Waals surface area contributed by atoms with E-state index in [-0.39, 0.29) is 6.54 Å². The molecule has 0 aromatic heterocycles. The number of rotatable bonds is 2. The number of hydrogen-bond acceptors (Lipinski definition) is 2. The predicted molar refractivity (Wildman–Crippen MR) is 79.1 cm³/mol. The summed E-state index contributed by atoms with van der Waals surface area (Å²) in [6.07, 6.45) is 5.75. The summed E-state index contributed by atoms with van der Waals surface area (Å²) in [5, 5.41) is 1.71. The maximum atomic E-state index is 10.9. The molecular formula is C13H25ClN2O2. The average molecular weight is 277 g/mol. The number of imide groups is 1. The van der Waals surface area contributed by atoms with Gasteiger partial charge >= 0.3 is 11.4 Å². The maximum absolute atomic E-state index is 10.9. The van der Waals surface area contributed by atoms with Crippen LogP contribution in [0.15, 0.2) is 24.8 Å². The number of hydrogen-bond donors (Lipinski definition) is 1. The summed E-state index contributed by atoms with van der Waals surface area (Å²) in [4.78, 5) is 22.4. The zero-order valence-electron chi connectivity index (χ0n) is 12.0. The number of urea groups is 1. The standard InChI is InChI=1S/C6H11ClN2O2.C4H8.C3H6/c1-3-8-6(11)9(4-2)5(7)10;1-3-4-2;1-3-2/h3-4H2,1-2H3,(H,8,11);3-4H,1-2H3;3H,1H2,2H3/b;4-3-;. The highest BCUT2D eigenvalue weighted by molar-refractivity contribution is 6.64. The van der Waals surface area contributed by atoms with E-state index in [0.29, 0.717) is 6.54 Å². The monoisotopic (exact) mass is 276 g/mol. The minimum atomic E-state index is -0.751. The van der Waals surface area contributed by atoms with Gasteiger partial charge in [0.05, 0.1) is 0 Å². The first kappa shape index (κ1) is 21.9. The highest BCUT2D eigenvalue weighted by atomic mass is 35.5. The molecule has 0 fully saturated rings. The number of allylic oxidation sites excluding steroid dienone is 3. The molecule has 0 aromatic carbocycles. The Morgan fingerprint density at radius 2 is 1.61 bits per heavy atom. The number of amides is 3. The predicted octanol–water partition coefficient (Wildman–Crippen LogP) is 4.17. The Balaban J connectivity index is -0.000000266. The molecule has 4 nitrogen and oxygen atoms in total. The number of carbonyl (C=O) groups is 2. The van der Waals surface area contributed by atoms with Gasteiger partial charge in [0.1, 0.15) is 0 Å². The van der Waals surface area contributed by atoms with Crippen molar-refractivity contribution < 1.29 is 9.59 Å². The zero-order valence-corrected chi connectivity index (χ0v) is 12.8. The van der Waals surface area contributed by atoms with Gasteiger partial charge < -0.3 is 5.32 Å². The summed E-state index contributed by atoms with van der Waals surface area (Å²) in [6.45, 7) is 13.5. The van der Waals surface area contributed by atoms with E-state index in [4.69, 9.17) is 11.6 Å². The molecule has 0 bridgehead atoms. The Kier molecular flexibility index (Phi) is 22.0. The fraction of sp³-hybridized carbons (Fsp3) is 0.538. The Bertz CT molecular complexity index is 249. The number of halogens is 1. The van der Waals surface area contributed by atoms with Crippen molar-refractivity contribution in [1.29, 1.82) is 0 Å².